The molecule has 1 atom stereocenters. The van der Waals surface area contributed by atoms with E-state index < -0.39 is 18.3 Å². The second kappa shape index (κ2) is 16.7. The maximum absolute atomic E-state index is 6.86. The maximum atomic E-state index is 6.86. The number of fused-ring (bicyclic) bond motifs is 2. The van der Waals surface area contributed by atoms with Crippen molar-refractivity contribution < 1.29 is 28.1 Å². The smallest absolute Gasteiger partial charge is 0.494 e. The molecule has 6 aromatic rings. The minimum Gasteiger partial charge on any atom is -0.496 e. The van der Waals surface area contributed by atoms with Crippen molar-refractivity contribution in [2.75, 3.05) is 13.7 Å². The summed E-state index contributed by atoms with van der Waals surface area (Å²) < 4.78 is 38.7. The third-order valence-electron chi connectivity index (χ3n) is 15.1. The number of benzene rings is 6. The molecule has 0 N–H and O–H groups in total. The molecule has 1 aliphatic carbocycles. The van der Waals surface area contributed by atoms with Crippen LogP contribution in [0.1, 0.15) is 125 Å². The van der Waals surface area contributed by atoms with Crippen molar-refractivity contribution in [2.45, 2.75) is 141 Å². The molecular weight excluding hydrogens is 790 g/mol. The molecule has 0 aromatic heterocycles. The Bertz CT molecular complexity index is 2680. The van der Waals surface area contributed by atoms with Gasteiger partial charge in [0.05, 0.1) is 36.1 Å². The first-order valence-electron chi connectivity index (χ1n) is 23.6. The lowest BCUT2D eigenvalue weighted by Crippen LogP contribution is -2.45. The number of methoxy groups -OCH3 is 1. The van der Waals surface area contributed by atoms with Crippen LogP contribution in [0.15, 0.2) is 109 Å². The van der Waals surface area contributed by atoms with Gasteiger partial charge < -0.3 is 28.1 Å². The second-order valence-electron chi connectivity index (χ2n) is 21.4. The highest BCUT2D eigenvalue weighted by molar-refractivity contribution is 6.63. The lowest BCUT2D eigenvalue weighted by atomic mass is 9.78. The van der Waals surface area contributed by atoms with E-state index in [0.29, 0.717) is 18.9 Å². The molecule has 2 aliphatic heterocycles. The molecule has 332 valence electrons. The van der Waals surface area contributed by atoms with Gasteiger partial charge in [-0.2, -0.15) is 0 Å². The van der Waals surface area contributed by atoms with Gasteiger partial charge in [-0.05, 0) is 169 Å². The molecule has 8 heteroatoms. The van der Waals surface area contributed by atoms with Crippen LogP contribution in [-0.4, -0.2) is 50.4 Å². The topological polar surface area (TPSA) is 55.4 Å². The van der Waals surface area contributed by atoms with Gasteiger partial charge in [0.2, 0.25) is 0 Å². The molecular formula is C56H66B2O6. The van der Waals surface area contributed by atoms with Crippen LogP contribution in [0.4, 0.5) is 0 Å². The van der Waals surface area contributed by atoms with Crippen LogP contribution in [0, 0.1) is 0 Å². The van der Waals surface area contributed by atoms with Crippen LogP contribution in [0.2, 0.25) is 0 Å². The fourth-order valence-corrected chi connectivity index (χ4v) is 9.87. The first-order valence-corrected chi connectivity index (χ1v) is 23.6. The minimum atomic E-state index is -0.573. The van der Waals surface area contributed by atoms with Crippen LogP contribution in [0.3, 0.4) is 0 Å². The summed E-state index contributed by atoms with van der Waals surface area (Å²) in [6, 6.07) is 39.8. The van der Waals surface area contributed by atoms with Crippen molar-refractivity contribution in [2.24, 2.45) is 0 Å². The SMILES string of the molecule is COc1ccc(-c2ccc3cc(B4OC(C)(C)C(C)(CCOc5ccc(-c6ccc7cc(B8OC(C)(C)C(C)(C)O8)ccc7c6)cc5C(C)(C)C)O4)ccc3c2)cc1C1CCCCC1. The van der Waals surface area contributed by atoms with Crippen LogP contribution in [0.25, 0.3) is 43.8 Å². The third kappa shape index (κ3) is 8.52. The highest BCUT2D eigenvalue weighted by Gasteiger charge is 2.54. The average Bonchev–Trinajstić information content (AvgIpc) is 3.65. The van der Waals surface area contributed by atoms with Crippen LogP contribution in [-0.2, 0) is 24.0 Å². The summed E-state index contributed by atoms with van der Waals surface area (Å²) in [5.41, 5.74) is 7.35. The number of hydrogen-bond donors (Lipinski definition) is 0. The summed E-state index contributed by atoms with van der Waals surface area (Å²) in [5, 5.41) is 4.69. The zero-order valence-electron chi connectivity index (χ0n) is 40.0. The van der Waals surface area contributed by atoms with E-state index in [1.165, 1.54) is 70.7 Å². The molecule has 1 saturated carbocycles. The molecule has 9 rings (SSSR count). The van der Waals surface area contributed by atoms with Crippen molar-refractivity contribution in [3.8, 4) is 33.8 Å². The van der Waals surface area contributed by atoms with Crippen molar-refractivity contribution in [3.05, 3.63) is 120 Å². The van der Waals surface area contributed by atoms with E-state index in [1.54, 1.807) is 7.11 Å². The zero-order valence-corrected chi connectivity index (χ0v) is 40.0. The summed E-state index contributed by atoms with van der Waals surface area (Å²) in [6.45, 7) is 22.0. The van der Waals surface area contributed by atoms with E-state index in [-0.39, 0.29) is 23.7 Å². The minimum absolute atomic E-state index is 0.134. The summed E-state index contributed by atoms with van der Waals surface area (Å²) in [5.74, 6) is 2.48. The summed E-state index contributed by atoms with van der Waals surface area (Å²) in [7, 11) is 0.925. The quantitative estimate of drug-likeness (QED) is 0.128. The van der Waals surface area contributed by atoms with Gasteiger partial charge in [0.25, 0.3) is 0 Å². The normalized spacial score (nSPS) is 20.9. The van der Waals surface area contributed by atoms with E-state index in [2.05, 4.69) is 178 Å². The predicted molar refractivity (Wildman–Crippen MR) is 266 cm³/mol. The third-order valence-corrected chi connectivity index (χ3v) is 15.1. The van der Waals surface area contributed by atoms with Gasteiger partial charge in [0.1, 0.15) is 11.5 Å². The summed E-state index contributed by atoms with van der Waals surface area (Å²) in [6.07, 6.45) is 7.07. The molecule has 0 spiro atoms. The average molecular weight is 857 g/mol. The lowest BCUT2D eigenvalue weighted by Gasteiger charge is -2.36. The molecule has 2 heterocycles. The largest absolute Gasteiger partial charge is 0.496 e. The summed E-state index contributed by atoms with van der Waals surface area (Å²) in [4.78, 5) is 0. The molecule has 6 aromatic carbocycles. The number of hydrogen-bond acceptors (Lipinski definition) is 6. The van der Waals surface area contributed by atoms with E-state index >= 15 is 0 Å². The van der Waals surface area contributed by atoms with Crippen molar-refractivity contribution in [3.63, 3.8) is 0 Å². The number of rotatable bonds is 10. The molecule has 0 bridgehead atoms. The van der Waals surface area contributed by atoms with Gasteiger partial charge in [-0.3, -0.25) is 0 Å². The molecule has 2 saturated heterocycles. The Hall–Kier alpha value is -4.59. The molecule has 3 fully saturated rings. The van der Waals surface area contributed by atoms with E-state index in [9.17, 15) is 0 Å². The Labute approximate surface area is 382 Å². The zero-order chi connectivity index (χ0) is 45.2. The number of ether oxygens (including phenoxy) is 2. The lowest BCUT2D eigenvalue weighted by molar-refractivity contribution is -0.0235. The van der Waals surface area contributed by atoms with Gasteiger partial charge in [0.15, 0.2) is 0 Å². The monoisotopic (exact) mass is 857 g/mol. The second-order valence-corrected chi connectivity index (χ2v) is 21.4. The van der Waals surface area contributed by atoms with Gasteiger partial charge in [-0.25, -0.2) is 0 Å². The highest BCUT2D eigenvalue weighted by atomic mass is 16.7. The van der Waals surface area contributed by atoms with Gasteiger partial charge in [-0.15, -0.1) is 0 Å². The van der Waals surface area contributed by atoms with Gasteiger partial charge in [0, 0.05) is 12.0 Å². The Morgan fingerprint density at radius 3 is 1.56 bits per heavy atom. The van der Waals surface area contributed by atoms with E-state index in [1.807, 2.05) is 0 Å². The van der Waals surface area contributed by atoms with E-state index in [0.717, 1.165) is 38.8 Å². The first kappa shape index (κ1) is 44.6. The molecule has 0 amide bonds. The van der Waals surface area contributed by atoms with Gasteiger partial charge in [-0.1, -0.05) is 113 Å². The van der Waals surface area contributed by atoms with E-state index in [4.69, 9.17) is 28.1 Å². The van der Waals surface area contributed by atoms with Crippen molar-refractivity contribution in [1.82, 2.24) is 0 Å². The predicted octanol–water partition coefficient (Wildman–Crippen LogP) is 12.7. The Morgan fingerprint density at radius 2 is 1.00 bits per heavy atom. The molecule has 64 heavy (non-hydrogen) atoms. The molecule has 3 aliphatic rings. The van der Waals surface area contributed by atoms with Crippen LogP contribution in [0.5, 0.6) is 11.5 Å². The standard InChI is InChI=1S/C56H66B2O6/c1-52(2,3)49-36-45(39-18-20-42-33-46(25-21-41(42)32-39)57-61-53(4,5)54(6,7)62-57)24-28-51(49)60-30-29-56(10)55(8,9)63-58(64-56)47-26-22-40-31-38(17-19-43(40)34-47)44-23-27-50(59-11)48(35-44)37-15-13-12-14-16-37/h17-28,31-37H,12-16,29-30H2,1-11H3. The van der Waals surface area contributed by atoms with Crippen molar-refractivity contribution >= 4 is 46.7 Å². The fourth-order valence-electron chi connectivity index (χ4n) is 9.87. The maximum Gasteiger partial charge on any atom is 0.494 e. The highest BCUT2D eigenvalue weighted by Crippen LogP contribution is 2.43. The molecule has 0 radical (unpaired) electrons. The van der Waals surface area contributed by atoms with Gasteiger partial charge >= 0.3 is 14.2 Å². The Morgan fingerprint density at radius 1 is 0.531 bits per heavy atom. The Balaban J connectivity index is 0.876. The molecule has 1 unspecified atom stereocenters. The van der Waals surface area contributed by atoms with Crippen LogP contribution >= 0.6 is 0 Å². The van der Waals surface area contributed by atoms with Crippen LogP contribution < -0.4 is 20.4 Å². The summed E-state index contributed by atoms with van der Waals surface area (Å²) >= 11 is 0. The Kier molecular flexibility index (Phi) is 11.6. The van der Waals surface area contributed by atoms with Crippen molar-refractivity contribution in [1.29, 1.82) is 0 Å². The molecule has 6 nitrogen and oxygen atoms in total. The fraction of sp³-hybridized carbons (Fsp3) is 0.429. The first-order chi connectivity index (χ1) is 30.3.